The fourth-order valence-corrected chi connectivity index (χ4v) is 3.91. The van der Waals surface area contributed by atoms with Gasteiger partial charge in [0.25, 0.3) is 0 Å². The van der Waals surface area contributed by atoms with E-state index < -0.39 is 7.82 Å². The van der Waals surface area contributed by atoms with Gasteiger partial charge in [0.05, 0.1) is 0 Å². The summed E-state index contributed by atoms with van der Waals surface area (Å²) in [7, 11) is -4.23. The predicted octanol–water partition coefficient (Wildman–Crippen LogP) is 5.74. The molecule has 140 valence electrons. The second-order valence-electron chi connectivity index (χ2n) is 8.97. The van der Waals surface area contributed by atoms with Gasteiger partial charge >= 0.3 is 7.82 Å². The molecule has 3 rings (SSSR count). The van der Waals surface area contributed by atoms with Gasteiger partial charge in [-0.3, -0.25) is 4.89 Å². The van der Waals surface area contributed by atoms with E-state index in [0.29, 0.717) is 17.9 Å². The fourth-order valence-electron chi connectivity index (χ4n) is 3.02. The first-order chi connectivity index (χ1) is 11.9. The minimum Gasteiger partial charge on any atom is -0.395 e. The molecule has 0 aromatic heterocycles. The lowest BCUT2D eigenvalue weighted by atomic mass is 9.84. The minimum absolute atomic E-state index is 0.0209. The van der Waals surface area contributed by atoms with Crippen LogP contribution in [0.15, 0.2) is 36.4 Å². The van der Waals surface area contributed by atoms with Gasteiger partial charge in [-0.25, -0.2) is 4.57 Å². The molecule has 26 heavy (non-hydrogen) atoms. The molecular weight excluding hydrogens is 347 g/mol. The van der Waals surface area contributed by atoms with Crippen LogP contribution in [-0.4, -0.2) is 4.89 Å². The average molecular weight is 374 g/mol. The van der Waals surface area contributed by atoms with Gasteiger partial charge in [0.2, 0.25) is 0 Å². The van der Waals surface area contributed by atoms with Crippen LogP contribution in [0.4, 0.5) is 0 Å². The van der Waals surface area contributed by atoms with Crippen LogP contribution < -0.4 is 9.05 Å². The third kappa shape index (κ3) is 3.97. The summed E-state index contributed by atoms with van der Waals surface area (Å²) in [4.78, 5) is 10.1. The van der Waals surface area contributed by atoms with Gasteiger partial charge in [0.1, 0.15) is 11.5 Å². The minimum atomic E-state index is -4.23. The number of benzene rings is 2. The summed E-state index contributed by atoms with van der Waals surface area (Å²) in [5, 5.41) is 0. The molecule has 5 heteroatoms. The monoisotopic (exact) mass is 374 g/mol. The van der Waals surface area contributed by atoms with Crippen molar-refractivity contribution in [2.45, 2.75) is 58.8 Å². The third-order valence-corrected chi connectivity index (χ3v) is 5.52. The van der Waals surface area contributed by atoms with Crippen LogP contribution >= 0.6 is 7.82 Å². The molecule has 0 aliphatic carbocycles. The number of hydrogen-bond acceptors (Lipinski definition) is 3. The zero-order valence-electron chi connectivity index (χ0n) is 16.3. The Morgan fingerprint density at radius 1 is 0.808 bits per heavy atom. The zero-order chi connectivity index (χ0) is 19.3. The van der Waals surface area contributed by atoms with Gasteiger partial charge in [-0.15, -0.1) is 0 Å². The van der Waals surface area contributed by atoms with E-state index in [4.69, 9.17) is 9.05 Å². The molecule has 4 nitrogen and oxygen atoms in total. The van der Waals surface area contributed by atoms with E-state index in [1.807, 2.05) is 12.1 Å². The largest absolute Gasteiger partial charge is 0.584 e. The lowest BCUT2D eigenvalue weighted by Crippen LogP contribution is -2.15. The van der Waals surface area contributed by atoms with E-state index in [-0.39, 0.29) is 10.8 Å². The van der Waals surface area contributed by atoms with Crippen molar-refractivity contribution in [3.05, 3.63) is 58.7 Å². The highest BCUT2D eigenvalue weighted by atomic mass is 31.2. The molecule has 2 aromatic rings. The molecule has 0 saturated carbocycles. The van der Waals surface area contributed by atoms with Crippen molar-refractivity contribution in [1.82, 2.24) is 0 Å². The molecule has 0 atom stereocenters. The molecule has 1 aliphatic rings. The molecule has 0 fully saturated rings. The maximum Gasteiger partial charge on any atom is 0.584 e. The lowest BCUT2D eigenvalue weighted by molar-refractivity contribution is 0.287. The summed E-state index contributed by atoms with van der Waals surface area (Å²) in [6.45, 7) is 12.9. The number of fused-ring (bicyclic) bond motifs is 2. The zero-order valence-corrected chi connectivity index (χ0v) is 17.2. The van der Waals surface area contributed by atoms with E-state index in [0.717, 1.165) is 22.3 Å². The lowest BCUT2D eigenvalue weighted by Gasteiger charge is -2.26. The Bertz CT molecular complexity index is 818. The van der Waals surface area contributed by atoms with Gasteiger partial charge < -0.3 is 9.05 Å². The molecule has 0 unspecified atom stereocenters. The quantitative estimate of drug-likeness (QED) is 0.597. The van der Waals surface area contributed by atoms with Crippen LogP contribution in [0.1, 0.15) is 63.8 Å². The van der Waals surface area contributed by atoms with Crippen molar-refractivity contribution in [1.29, 1.82) is 0 Å². The molecule has 1 aliphatic heterocycles. The van der Waals surface area contributed by atoms with Crippen LogP contribution in [0.2, 0.25) is 0 Å². The van der Waals surface area contributed by atoms with Crippen molar-refractivity contribution >= 4 is 7.82 Å². The summed E-state index contributed by atoms with van der Waals surface area (Å²) < 4.78 is 23.1. The molecule has 0 amide bonds. The van der Waals surface area contributed by atoms with Crippen LogP contribution in [-0.2, 0) is 21.8 Å². The average Bonchev–Trinajstić information content (AvgIpc) is 2.46. The van der Waals surface area contributed by atoms with Gasteiger partial charge in [0.15, 0.2) is 0 Å². The summed E-state index contributed by atoms with van der Waals surface area (Å²) in [5.41, 5.74) is 4.05. The normalized spacial score (nSPS) is 16.4. The maximum atomic E-state index is 12.4. The second kappa shape index (κ2) is 6.14. The van der Waals surface area contributed by atoms with E-state index in [2.05, 4.69) is 53.7 Å². The number of hydrogen-bond donors (Lipinski definition) is 1. The topological polar surface area (TPSA) is 55.8 Å². The van der Waals surface area contributed by atoms with Gasteiger partial charge in [0, 0.05) is 6.42 Å². The highest BCUT2D eigenvalue weighted by Crippen LogP contribution is 2.49. The Kier molecular flexibility index (Phi) is 4.49. The first kappa shape index (κ1) is 19.0. The van der Waals surface area contributed by atoms with E-state index in [9.17, 15) is 9.46 Å². The smallest absolute Gasteiger partial charge is 0.395 e. The van der Waals surface area contributed by atoms with Crippen molar-refractivity contribution in [3.63, 3.8) is 0 Å². The Balaban J connectivity index is 2.16. The number of rotatable bonds is 0. The summed E-state index contributed by atoms with van der Waals surface area (Å²) in [6, 6.07) is 11.5. The highest BCUT2D eigenvalue weighted by molar-refractivity contribution is 7.48. The second-order valence-corrected chi connectivity index (χ2v) is 10.3. The molecule has 1 heterocycles. The van der Waals surface area contributed by atoms with Crippen molar-refractivity contribution in [2.24, 2.45) is 0 Å². The molecule has 0 saturated heterocycles. The maximum absolute atomic E-state index is 12.4. The van der Waals surface area contributed by atoms with Crippen molar-refractivity contribution in [3.8, 4) is 11.5 Å². The van der Waals surface area contributed by atoms with E-state index in [1.54, 1.807) is 12.1 Å². The van der Waals surface area contributed by atoms with E-state index in [1.165, 1.54) is 0 Å². The Morgan fingerprint density at radius 3 is 1.54 bits per heavy atom. The molecule has 1 N–H and O–H groups in total. The Morgan fingerprint density at radius 2 is 1.19 bits per heavy atom. The number of phosphoric ester groups is 1. The van der Waals surface area contributed by atoms with Crippen molar-refractivity contribution < 1.29 is 18.5 Å². The first-order valence-corrected chi connectivity index (χ1v) is 10.3. The van der Waals surface area contributed by atoms with Crippen LogP contribution in [0.25, 0.3) is 0 Å². The summed E-state index contributed by atoms with van der Waals surface area (Å²) >= 11 is 0. The highest BCUT2D eigenvalue weighted by Gasteiger charge is 2.31. The molecule has 0 bridgehead atoms. The summed E-state index contributed by atoms with van der Waals surface area (Å²) in [6.07, 6.45) is 0.582. The molecular formula is C21H27O4P. The van der Waals surface area contributed by atoms with Gasteiger partial charge in [-0.05, 0) is 45.2 Å². The van der Waals surface area contributed by atoms with E-state index >= 15 is 0 Å². The molecule has 0 radical (unpaired) electrons. The Hall–Kier alpha value is -1.77. The first-order valence-electron chi connectivity index (χ1n) is 8.84. The van der Waals surface area contributed by atoms with Gasteiger partial charge in [-0.2, -0.15) is 0 Å². The SMILES string of the molecule is CC(C)(C)c1ccc2c(c1)Cc1cc(C(C)(C)C)ccc1OP(=O)(O)O2. The Labute approximate surface area is 155 Å². The van der Waals surface area contributed by atoms with Gasteiger partial charge in [-0.1, -0.05) is 65.8 Å². The third-order valence-electron chi connectivity index (χ3n) is 4.66. The predicted molar refractivity (Wildman–Crippen MR) is 104 cm³/mol. The van der Waals surface area contributed by atoms with Crippen LogP contribution in [0.5, 0.6) is 11.5 Å². The van der Waals surface area contributed by atoms with Crippen LogP contribution in [0, 0.1) is 0 Å². The molecule has 2 aromatic carbocycles. The molecule has 0 spiro atoms. The van der Waals surface area contributed by atoms with Crippen molar-refractivity contribution in [2.75, 3.05) is 0 Å². The standard InChI is InChI=1S/C21H27O4P/c1-20(2,3)16-7-9-18-14(12-16)11-15-13-17(21(4,5)6)8-10-19(15)25-26(22,23)24-18/h7-10,12-13H,11H2,1-6H3,(H,22,23). The van der Waals surface area contributed by atoms with Crippen LogP contribution in [0.3, 0.4) is 0 Å². The number of phosphoric acid groups is 1. The summed E-state index contributed by atoms with van der Waals surface area (Å²) in [5.74, 6) is 0.797. The fraction of sp³-hybridized carbons (Fsp3) is 0.429.